The number of hydrogen-bond acceptors (Lipinski definition) is 3. The third kappa shape index (κ3) is 3.92. The topological polar surface area (TPSA) is 50.7 Å². The van der Waals surface area contributed by atoms with Crippen molar-refractivity contribution < 1.29 is 22.7 Å². The summed E-state index contributed by atoms with van der Waals surface area (Å²) in [7, 11) is 1.44. The van der Waals surface area contributed by atoms with E-state index in [0.29, 0.717) is 16.9 Å². The number of fused-ring (bicyclic) bond motifs is 1. The van der Waals surface area contributed by atoms with Gasteiger partial charge in [0.25, 0.3) is 0 Å². The van der Waals surface area contributed by atoms with Crippen LogP contribution in [0.3, 0.4) is 0 Å². The minimum Gasteiger partial charge on any atom is -0.501 e. The number of carbonyl (C=O) groups is 1. The first-order valence-corrected chi connectivity index (χ1v) is 7.55. The number of ether oxygens (including phenoxy) is 1. The molecule has 25 heavy (non-hydrogen) atoms. The number of alkyl halides is 3. The van der Waals surface area contributed by atoms with E-state index in [2.05, 4.69) is 16.9 Å². The number of nitrogens with zero attached hydrogens (tertiary/aromatic N) is 1. The Bertz CT molecular complexity index is 805. The first-order valence-electron chi connectivity index (χ1n) is 7.55. The van der Waals surface area contributed by atoms with Crippen LogP contribution in [-0.4, -0.2) is 24.9 Å². The summed E-state index contributed by atoms with van der Waals surface area (Å²) in [6.45, 7) is 7.93. The molecule has 0 aliphatic carbocycles. The molecule has 0 aromatic heterocycles. The monoisotopic (exact) mass is 352 g/mol. The van der Waals surface area contributed by atoms with Gasteiger partial charge in [0.05, 0.1) is 13.5 Å². The van der Waals surface area contributed by atoms with Gasteiger partial charge in [-0.1, -0.05) is 6.58 Å². The number of benzene rings is 1. The van der Waals surface area contributed by atoms with Crippen LogP contribution in [0.1, 0.15) is 30.5 Å². The van der Waals surface area contributed by atoms with Crippen molar-refractivity contribution in [1.29, 1.82) is 0 Å². The summed E-state index contributed by atoms with van der Waals surface area (Å²) in [5.74, 6) is 0.313. The van der Waals surface area contributed by atoms with Crippen molar-refractivity contribution >= 4 is 22.9 Å². The van der Waals surface area contributed by atoms with Crippen LogP contribution < -0.4 is 5.32 Å². The van der Waals surface area contributed by atoms with Gasteiger partial charge in [-0.2, -0.15) is 13.2 Å². The van der Waals surface area contributed by atoms with Crippen LogP contribution >= 0.6 is 0 Å². The molecule has 1 aromatic rings. The number of allylic oxidation sites excluding steroid dienone is 3. The fourth-order valence-corrected chi connectivity index (χ4v) is 2.77. The van der Waals surface area contributed by atoms with Crippen LogP contribution in [0, 0.1) is 6.92 Å². The summed E-state index contributed by atoms with van der Waals surface area (Å²) in [5, 5.41) is 2.78. The normalized spacial score (nSPS) is 15.5. The number of rotatable bonds is 4. The van der Waals surface area contributed by atoms with Crippen LogP contribution in [0.15, 0.2) is 35.2 Å². The van der Waals surface area contributed by atoms with Gasteiger partial charge >= 0.3 is 6.18 Å². The predicted octanol–water partition coefficient (Wildman–Crippen LogP) is 4.40. The van der Waals surface area contributed by atoms with Gasteiger partial charge in [-0.15, -0.1) is 0 Å². The summed E-state index contributed by atoms with van der Waals surface area (Å²) >= 11 is 0. The molecule has 1 aromatic carbocycles. The fraction of sp³-hybridized carbons (Fsp3) is 0.333. The van der Waals surface area contributed by atoms with Crippen LogP contribution in [0.4, 0.5) is 18.9 Å². The Kier molecular flexibility index (Phi) is 5.06. The zero-order valence-electron chi connectivity index (χ0n) is 14.5. The predicted molar refractivity (Wildman–Crippen MR) is 91.4 cm³/mol. The molecule has 1 N–H and O–H groups in total. The SMILES string of the molecule is C=C(N=C(C)/C(=C(\C)OC)c1cc(C)c2c(c1)CC(=O)N2)C(F)(F)F. The molecule has 0 saturated heterocycles. The highest BCUT2D eigenvalue weighted by Gasteiger charge is 2.32. The molecule has 4 nitrogen and oxygen atoms in total. The second-order valence-corrected chi connectivity index (χ2v) is 5.83. The van der Waals surface area contributed by atoms with Crippen LogP contribution in [0.5, 0.6) is 0 Å². The molecule has 7 heteroatoms. The van der Waals surface area contributed by atoms with Crippen molar-refractivity contribution in [1.82, 2.24) is 0 Å². The van der Waals surface area contributed by atoms with Gasteiger partial charge in [0.15, 0.2) is 0 Å². The number of halogens is 3. The van der Waals surface area contributed by atoms with E-state index in [4.69, 9.17) is 4.74 Å². The van der Waals surface area contributed by atoms with Crippen LogP contribution in [-0.2, 0) is 16.0 Å². The second kappa shape index (κ2) is 6.74. The van der Waals surface area contributed by atoms with E-state index in [1.807, 2.05) is 6.92 Å². The number of aryl methyl sites for hydroxylation is 1. The second-order valence-electron chi connectivity index (χ2n) is 5.83. The lowest BCUT2D eigenvalue weighted by atomic mass is 9.95. The van der Waals surface area contributed by atoms with Gasteiger partial charge in [-0.05, 0) is 49.6 Å². The molecule has 1 aliphatic rings. The van der Waals surface area contributed by atoms with Crippen molar-refractivity contribution in [2.24, 2.45) is 4.99 Å². The van der Waals surface area contributed by atoms with Gasteiger partial charge < -0.3 is 10.1 Å². The standard InChI is InChI=1S/C18H19F3N2O2/c1-9-6-13(7-14-8-15(24)23-17(9)14)16(11(3)25-5)10(2)22-12(4)18(19,20)21/h6-7H,4,8H2,1-3,5H3,(H,23,24)/b16-11-,22-10?. The molecule has 0 spiro atoms. The number of anilines is 1. The van der Waals surface area contributed by atoms with Gasteiger partial charge in [0.2, 0.25) is 5.91 Å². The van der Waals surface area contributed by atoms with E-state index >= 15 is 0 Å². The Morgan fingerprint density at radius 1 is 1.32 bits per heavy atom. The maximum absolute atomic E-state index is 12.7. The van der Waals surface area contributed by atoms with Crippen molar-refractivity contribution in [3.63, 3.8) is 0 Å². The van der Waals surface area contributed by atoms with E-state index in [9.17, 15) is 18.0 Å². The largest absolute Gasteiger partial charge is 0.501 e. The summed E-state index contributed by atoms with van der Waals surface area (Å²) in [5.41, 5.74) is 2.41. The zero-order valence-corrected chi connectivity index (χ0v) is 14.5. The molecule has 0 atom stereocenters. The molecule has 2 rings (SSSR count). The molecule has 1 heterocycles. The Labute approximate surface area is 144 Å². The number of aliphatic imine (C=N–C) groups is 1. The van der Waals surface area contributed by atoms with Crippen LogP contribution in [0.2, 0.25) is 0 Å². The summed E-state index contributed by atoms with van der Waals surface area (Å²) in [4.78, 5) is 15.2. The maximum atomic E-state index is 12.7. The quantitative estimate of drug-likeness (QED) is 0.645. The first-order chi connectivity index (χ1) is 11.5. The number of amides is 1. The van der Waals surface area contributed by atoms with Gasteiger partial charge in [-0.3, -0.25) is 4.79 Å². The average Bonchev–Trinajstić information content (AvgIpc) is 2.87. The molecule has 0 bridgehead atoms. The highest BCUT2D eigenvalue weighted by molar-refractivity contribution is 6.23. The Hall–Kier alpha value is -2.57. The zero-order chi connectivity index (χ0) is 18.9. The lowest BCUT2D eigenvalue weighted by molar-refractivity contribution is -0.115. The Morgan fingerprint density at radius 3 is 2.52 bits per heavy atom. The Balaban J connectivity index is 2.57. The van der Waals surface area contributed by atoms with Crippen molar-refractivity contribution in [3.05, 3.63) is 46.9 Å². The molecule has 0 unspecified atom stereocenters. The van der Waals surface area contributed by atoms with Gasteiger partial charge in [-0.25, -0.2) is 4.99 Å². The summed E-state index contributed by atoms with van der Waals surface area (Å²) in [6, 6.07) is 3.56. The third-order valence-electron chi connectivity index (χ3n) is 3.97. The fourth-order valence-electron chi connectivity index (χ4n) is 2.77. The molecule has 1 aliphatic heterocycles. The lowest BCUT2D eigenvalue weighted by Crippen LogP contribution is -2.11. The maximum Gasteiger partial charge on any atom is 0.432 e. The molecular weight excluding hydrogens is 333 g/mol. The van der Waals surface area contributed by atoms with E-state index < -0.39 is 11.9 Å². The molecule has 134 valence electrons. The Morgan fingerprint density at radius 2 is 1.96 bits per heavy atom. The number of hydrogen-bond donors (Lipinski definition) is 1. The molecule has 0 fully saturated rings. The van der Waals surface area contributed by atoms with Crippen LogP contribution in [0.25, 0.3) is 5.57 Å². The average molecular weight is 352 g/mol. The van der Waals surface area contributed by atoms with Crippen molar-refractivity contribution in [2.75, 3.05) is 12.4 Å². The molecule has 0 saturated carbocycles. The van der Waals surface area contributed by atoms with Gasteiger partial charge in [0, 0.05) is 17.0 Å². The van der Waals surface area contributed by atoms with E-state index in [-0.39, 0.29) is 18.0 Å². The highest BCUT2D eigenvalue weighted by atomic mass is 19.4. The number of carbonyl (C=O) groups excluding carboxylic acids is 1. The number of methoxy groups -OCH3 is 1. The summed E-state index contributed by atoms with van der Waals surface area (Å²) in [6.07, 6.45) is -4.37. The smallest absolute Gasteiger partial charge is 0.432 e. The lowest BCUT2D eigenvalue weighted by Gasteiger charge is -2.15. The minimum absolute atomic E-state index is 0.111. The van der Waals surface area contributed by atoms with Gasteiger partial charge in [0.1, 0.15) is 11.5 Å². The number of nitrogens with one attached hydrogen (secondary N) is 1. The molecule has 1 amide bonds. The molecule has 0 radical (unpaired) electrons. The van der Waals surface area contributed by atoms with E-state index in [1.54, 1.807) is 19.1 Å². The van der Waals surface area contributed by atoms with Crippen molar-refractivity contribution in [3.8, 4) is 0 Å². The third-order valence-corrected chi connectivity index (χ3v) is 3.97. The molecular formula is C18H19F3N2O2. The minimum atomic E-state index is -4.60. The van der Waals surface area contributed by atoms with Crippen molar-refractivity contribution in [2.45, 2.75) is 33.4 Å². The first kappa shape index (κ1) is 18.8. The summed E-state index contributed by atoms with van der Waals surface area (Å²) < 4.78 is 43.5. The van der Waals surface area contributed by atoms with E-state index in [1.165, 1.54) is 14.0 Å². The highest BCUT2D eigenvalue weighted by Crippen LogP contribution is 2.33. The van der Waals surface area contributed by atoms with E-state index in [0.717, 1.165) is 16.8 Å².